The first-order chi connectivity index (χ1) is 69.6. The Hall–Kier alpha value is -7.59. The molecule has 61 nitrogen and oxygen atoms in total. The minimum atomic E-state index is -6.19. The fourth-order valence-electron chi connectivity index (χ4n) is 16.7. The predicted molar refractivity (Wildman–Crippen MR) is 505 cm³/mol. The van der Waals surface area contributed by atoms with Gasteiger partial charge < -0.3 is 187 Å². The highest BCUT2D eigenvalue weighted by atomic mass is 32.7. The van der Waals surface area contributed by atoms with Crippen molar-refractivity contribution in [3.63, 3.8) is 0 Å². The van der Waals surface area contributed by atoms with Gasteiger partial charge in [0.1, 0.15) is 153 Å². The first-order valence-electron chi connectivity index (χ1n) is 44.5. The van der Waals surface area contributed by atoms with Crippen LogP contribution in [0.25, 0.3) is 33.5 Å². The van der Waals surface area contributed by atoms with Gasteiger partial charge in [-0.15, -0.1) is 0 Å². The van der Waals surface area contributed by atoms with Gasteiger partial charge in [-0.25, -0.2) is 49.3 Å². The van der Waals surface area contributed by atoms with Crippen molar-refractivity contribution in [1.29, 1.82) is 0 Å². The molecule has 6 fully saturated rings. The first kappa shape index (κ1) is 113. The Morgan fingerprint density at radius 3 is 1.28 bits per heavy atom. The van der Waals surface area contributed by atoms with Crippen LogP contribution in [0.15, 0.2) is 74.2 Å². The fourth-order valence-corrected chi connectivity index (χ4v) is 23.4. The molecule has 0 aromatic carbocycles. The zero-order valence-electron chi connectivity index (χ0n) is 78.9. The molecule has 13 N–H and O–H groups in total. The molecule has 0 amide bonds. The predicted octanol–water partition coefficient (Wildman–Crippen LogP) is -3.71. The molecule has 6 aliphatic heterocycles. The lowest BCUT2D eigenvalue weighted by Crippen LogP contribution is -2.42. The summed E-state index contributed by atoms with van der Waals surface area (Å²) in [7, 11) is 0.513. The van der Waals surface area contributed by atoms with Crippen molar-refractivity contribution >= 4 is 145 Å². The third-order valence-electron chi connectivity index (χ3n) is 23.7. The molecule has 9 aromatic rings. The average Bonchev–Trinajstić information content (AvgIpc) is 1.61. The normalized spacial score (nSPS) is 29.1. The van der Waals surface area contributed by atoms with Crippen molar-refractivity contribution in [1.82, 2.24) is 87.2 Å². The summed E-state index contributed by atoms with van der Waals surface area (Å²) in [6.45, 7) is -21.6. The second-order valence-corrected chi connectivity index (χ2v) is 45.5. The molecule has 70 heteroatoms. The molecule has 9 aromatic heterocycles. The monoisotopic (exact) mass is 2230 g/mol. The summed E-state index contributed by atoms with van der Waals surface area (Å²) in [6.07, 6.45) is -26.9. The van der Waals surface area contributed by atoms with Crippen LogP contribution >= 0.6 is 34.8 Å². The van der Waals surface area contributed by atoms with E-state index in [-0.39, 0.29) is 127 Å². The Balaban J connectivity index is 0.719. The number of fused-ring (bicyclic) bond motifs is 3. The van der Waals surface area contributed by atoms with Crippen LogP contribution < -0.4 is 76.4 Å². The number of imidazole rings is 3. The summed E-state index contributed by atoms with van der Waals surface area (Å²) in [4.78, 5) is 175. The number of aryl methyl sites for hydroxylation is 3. The van der Waals surface area contributed by atoms with E-state index in [1.807, 2.05) is 0 Å². The number of aliphatic hydroxyl groups excluding tert-OH is 1. The lowest BCUT2D eigenvalue weighted by molar-refractivity contribution is -0.238. The van der Waals surface area contributed by atoms with Crippen molar-refractivity contribution in [3.05, 3.63) is 119 Å². The van der Waals surface area contributed by atoms with Crippen LogP contribution in [0.3, 0.4) is 0 Å². The van der Waals surface area contributed by atoms with Gasteiger partial charge in [-0.1, -0.05) is 42.3 Å². The van der Waals surface area contributed by atoms with E-state index in [9.17, 15) is 34.0 Å². The van der Waals surface area contributed by atoms with Crippen LogP contribution in [0.2, 0.25) is 0 Å². The van der Waals surface area contributed by atoms with Gasteiger partial charge in [0.15, 0.2) is 72.0 Å². The van der Waals surface area contributed by atoms with Crippen molar-refractivity contribution < 1.29 is 155 Å². The lowest BCUT2D eigenvalue weighted by Gasteiger charge is -2.37. The smallest absolute Gasteiger partial charge is 0.351 e. The molecule has 15 heterocycles. The standard InChI is InChI=1S/C76H110N23O38P5S4/c1-10-38-39(21-45(127-38)97-32-86-46-61(79)82-30-84-63(46)97)133-139(108,143)124-28-43-53(58(121-20-15-116-9)72(132-43)99-34-88-48-65(99)91-73(81)92-67(48)102)137-141(110,145)125-27-42-50(55(118-17-12-113-6)69(130-42)95-23-36(3)60(78)90-75(95)104)134-138(106,107)122-26-41-51(56(119-18-13-114-7)70(129-41)96-24-37(4)66(101)93-76(96)105)135-142(111,146)126-29-44-52(57(120-19-14-115-8)71(131-44)98-33-87-47-62(80)83-31-85-64(47)98)136-140(109,144)123-25-40-49(100)54(117-16-11-112-5)68(128-40)94-22-35(2)59(77)89-74(94)103/h22-24,30-34,38-45,49-58,68-72,100H,10-21,25-29H2,1-9H3,(H,106,107)(H,108,143)(H,109,144)(H,110,145)(H,111,146)(H2,77,89,103)(H2,78,90,104)(H2,79,82,84)(H2,80,83,85)(H,93,101,105)(H3,81,91,92,102)/p-5/t38-,39-,40-,41-,42-,43-,44-,45-,49+,50+,51+,52+,53+,54?,55?,56?,57?,58?,68-,69-,70-,71-,72-,139?,140?,141?,142?/m1/s1. The van der Waals surface area contributed by atoms with E-state index in [1.165, 1.54) is 89.9 Å². The maximum absolute atomic E-state index is 15.6. The van der Waals surface area contributed by atoms with Gasteiger partial charge in [-0.05, 0) is 27.2 Å². The van der Waals surface area contributed by atoms with E-state index in [4.69, 9.17) is 197 Å². The minimum Gasteiger partial charge on any atom is -0.780 e. The summed E-state index contributed by atoms with van der Waals surface area (Å²) in [5.41, 5.74) is 26.4. The highest BCUT2D eigenvalue weighted by molar-refractivity contribution is 8.32. The second kappa shape index (κ2) is 48.6. The largest absolute Gasteiger partial charge is 0.780 e. The van der Waals surface area contributed by atoms with E-state index in [0.29, 0.717) is 17.6 Å². The van der Waals surface area contributed by atoms with E-state index >= 15 is 23.8 Å². The van der Waals surface area contributed by atoms with Crippen LogP contribution in [-0.2, 0) is 178 Å². The van der Waals surface area contributed by atoms with Gasteiger partial charge >= 0.3 is 17.1 Å². The van der Waals surface area contributed by atoms with Crippen molar-refractivity contribution in [3.8, 4) is 0 Å². The van der Waals surface area contributed by atoms with Crippen LogP contribution in [0.4, 0.5) is 29.2 Å². The number of methoxy groups -OCH3 is 5. The summed E-state index contributed by atoms with van der Waals surface area (Å²) >= 11 is 22.6. The van der Waals surface area contributed by atoms with Gasteiger partial charge in [0.25, 0.3) is 18.9 Å². The Morgan fingerprint density at radius 2 is 0.801 bits per heavy atom. The number of nitrogens with one attached hydrogen (secondary N) is 2. The molecule has 15 rings (SSSR count). The fraction of sp³-hybridized carbons (Fsp3) is 0.645. The average molecular weight is 2230 g/mol. The molecule has 10 unspecified atom stereocenters. The summed E-state index contributed by atoms with van der Waals surface area (Å²) in [5.74, 6) is -0.681. The van der Waals surface area contributed by atoms with E-state index in [1.54, 1.807) is 18.4 Å². The zero-order valence-corrected chi connectivity index (χ0v) is 86.6. The number of nitrogens with two attached hydrogens (primary N) is 5. The molecular weight excluding hydrogens is 2130 g/mol. The highest BCUT2D eigenvalue weighted by Crippen LogP contribution is 2.57. The van der Waals surface area contributed by atoms with E-state index in [0.717, 1.165) is 32.6 Å². The number of phosphoric acid groups is 1. The molecule has 6 aliphatic rings. The van der Waals surface area contributed by atoms with Crippen molar-refractivity contribution in [2.24, 2.45) is 0 Å². The maximum Gasteiger partial charge on any atom is 0.351 e. The number of hydrogen-bond donors (Lipinski definition) is 8. The second-order valence-electron chi connectivity index (χ2n) is 33.3. The highest BCUT2D eigenvalue weighted by Gasteiger charge is 2.57. The van der Waals surface area contributed by atoms with Gasteiger partial charge in [0, 0.05) is 77.3 Å². The molecular formula is C76H105N23O38P5S4-5. The van der Waals surface area contributed by atoms with Gasteiger partial charge in [0.05, 0.1) is 130 Å². The summed E-state index contributed by atoms with van der Waals surface area (Å²) < 4.78 is 195. The molecule has 146 heavy (non-hydrogen) atoms. The van der Waals surface area contributed by atoms with Crippen LogP contribution in [0.1, 0.15) is 73.8 Å². The molecule has 0 aliphatic carbocycles. The number of anilines is 5. The van der Waals surface area contributed by atoms with Crippen LogP contribution in [0, 0.1) is 20.8 Å². The number of nitrogens with zero attached hydrogens (tertiary/aromatic N) is 16. The SMILES string of the molecule is CC[C@H]1O[C@@H](n2cnc3c(N)ncnc32)C[C@H]1OP([O-])(=S)OC[C@H]1O[C@@H](n2cnc3c(=O)[nH]c(N)nc32)C(OCCOC)[C@H]1OP([O-])(=S)OC[C@H]1O[C@@H](n2cc(C)c(N)nc2=O)C(OCCOC)[C@H]1OP(=O)([O-])OC[C@H]1O[C@@H](n2cc(C)c(=O)[nH]c2=O)C(OCCOC)[C@H]1OP(=O)([S-])OC[C@H]1O[C@@H](n2cnc3c(N)ncnc32)C(OCCOC)[C@H]1OP([O-])(=S)OC[C@H]1O[C@@H](n2cc(C)c(N)nc2=O)C(OCCOC)[C@H]1O. The number of aromatic amines is 2. The molecule has 28 atom stereocenters. The van der Waals surface area contributed by atoms with Crippen molar-refractivity contribution in [2.75, 3.05) is 163 Å². The van der Waals surface area contributed by atoms with E-state index < -0.39 is 250 Å². The number of phosphoric ester groups is 1. The third-order valence-corrected chi connectivity index (χ3v) is 30.8. The van der Waals surface area contributed by atoms with Crippen LogP contribution in [0.5, 0.6) is 0 Å². The number of ether oxygens (including phenoxy) is 16. The number of aromatic nitrogens is 18. The number of nitrogen functional groups attached to an aromatic ring is 5. The summed E-state index contributed by atoms with van der Waals surface area (Å²) in [6, 6.07) is 0. The van der Waals surface area contributed by atoms with Gasteiger partial charge in [-0.2, -0.15) is 15.0 Å². The Labute approximate surface area is 846 Å². The Kier molecular flexibility index (Phi) is 37.4. The maximum atomic E-state index is 15.6. The minimum absolute atomic E-state index is 0.0258. The molecule has 0 radical (unpaired) electrons. The molecule has 0 bridgehead atoms. The Bertz CT molecular complexity index is 6640. The number of aliphatic hydroxyl groups is 1. The number of H-pyrrole nitrogens is 2. The van der Waals surface area contributed by atoms with Gasteiger partial charge in [-0.3, -0.25) is 56.1 Å². The van der Waals surface area contributed by atoms with E-state index in [2.05, 4.69) is 59.8 Å². The third kappa shape index (κ3) is 26.1. The molecule has 0 saturated carbocycles. The number of rotatable bonds is 52. The topological polar surface area (TPSA) is 792 Å². The van der Waals surface area contributed by atoms with Crippen molar-refractivity contribution in [2.45, 2.75) is 182 Å². The van der Waals surface area contributed by atoms with Gasteiger partial charge in [0.2, 0.25) is 5.95 Å². The zero-order chi connectivity index (χ0) is 105. The number of hydrogen-bond acceptors (Lipinski definition) is 57. The Morgan fingerprint density at radius 1 is 0.418 bits per heavy atom. The van der Waals surface area contributed by atoms with Crippen LogP contribution in [-0.4, -0.2) is 331 Å². The quantitative estimate of drug-likeness (QED) is 0.0103. The molecule has 0 spiro atoms. The summed E-state index contributed by atoms with van der Waals surface area (Å²) in [5, 5.41) is 11.8. The molecule has 6 saturated heterocycles. The lowest BCUT2D eigenvalue weighted by atomic mass is 10.1. The first-order valence-corrected chi connectivity index (χ1v) is 56.2. The molecule has 806 valence electrons.